The molecular weight excluding hydrogens is 409 g/mol. The lowest BCUT2D eigenvalue weighted by Crippen LogP contribution is -2.46. The lowest BCUT2D eigenvalue weighted by Gasteiger charge is -2.27. The van der Waals surface area contributed by atoms with Crippen LogP contribution < -0.4 is 10.6 Å². The number of aliphatic hydroxyl groups is 1. The zero-order valence-electron chi connectivity index (χ0n) is 13.7. The van der Waals surface area contributed by atoms with Crippen molar-refractivity contribution in [2.75, 3.05) is 26.8 Å². The Hall–Kier alpha value is -0.800. The number of hydrogen-bond acceptors (Lipinski definition) is 4. The van der Waals surface area contributed by atoms with Gasteiger partial charge in [0.1, 0.15) is 5.76 Å². The highest BCUT2D eigenvalue weighted by Crippen LogP contribution is 2.18. The number of hydrogen-bond donors (Lipinski definition) is 3. The van der Waals surface area contributed by atoms with Crippen LogP contribution >= 0.6 is 24.0 Å². The Kier molecular flexibility index (Phi) is 10.3. The first-order valence-electron chi connectivity index (χ1n) is 8.02. The summed E-state index contributed by atoms with van der Waals surface area (Å²) in [7, 11) is 1.68. The molecule has 6 nitrogen and oxygen atoms in total. The van der Waals surface area contributed by atoms with Crippen LogP contribution in [0.1, 0.15) is 31.4 Å². The van der Waals surface area contributed by atoms with Crippen LogP contribution in [0, 0.1) is 0 Å². The highest BCUT2D eigenvalue weighted by Gasteiger charge is 2.20. The number of halogens is 1. The Morgan fingerprint density at radius 1 is 1.39 bits per heavy atom. The van der Waals surface area contributed by atoms with Gasteiger partial charge >= 0.3 is 0 Å². The number of nitrogens with zero attached hydrogens (tertiary/aromatic N) is 1. The molecule has 1 aromatic rings. The van der Waals surface area contributed by atoms with E-state index in [2.05, 4.69) is 15.6 Å². The molecule has 2 rings (SSSR count). The molecule has 1 saturated carbocycles. The molecule has 0 aliphatic heterocycles. The van der Waals surface area contributed by atoms with Crippen molar-refractivity contribution in [3.8, 4) is 0 Å². The van der Waals surface area contributed by atoms with Crippen molar-refractivity contribution in [3.63, 3.8) is 0 Å². The number of methoxy groups -OCH3 is 1. The maximum atomic E-state index is 9.58. The van der Waals surface area contributed by atoms with Crippen molar-refractivity contribution in [2.45, 2.75) is 44.2 Å². The van der Waals surface area contributed by atoms with E-state index in [1.54, 1.807) is 13.4 Å². The van der Waals surface area contributed by atoms with E-state index in [0.29, 0.717) is 19.2 Å². The average Bonchev–Trinajstić information content (AvgIpc) is 3.03. The number of rotatable bonds is 7. The third-order valence-electron chi connectivity index (χ3n) is 3.85. The van der Waals surface area contributed by atoms with Crippen LogP contribution in [0.4, 0.5) is 0 Å². The molecule has 3 N–H and O–H groups in total. The quantitative estimate of drug-likeness (QED) is 0.263. The first-order valence-corrected chi connectivity index (χ1v) is 8.02. The minimum absolute atomic E-state index is 0. The van der Waals surface area contributed by atoms with Gasteiger partial charge in [-0.05, 0) is 37.8 Å². The summed E-state index contributed by atoms with van der Waals surface area (Å²) >= 11 is 0. The Balaban J connectivity index is 0.00000264. The van der Waals surface area contributed by atoms with Gasteiger partial charge in [-0.25, -0.2) is 0 Å². The van der Waals surface area contributed by atoms with E-state index in [0.717, 1.165) is 50.4 Å². The van der Waals surface area contributed by atoms with Gasteiger partial charge in [0, 0.05) is 26.1 Å². The van der Waals surface area contributed by atoms with E-state index in [4.69, 9.17) is 9.15 Å². The molecule has 0 saturated heterocycles. The molecule has 7 heteroatoms. The Morgan fingerprint density at radius 3 is 2.83 bits per heavy atom. The Labute approximate surface area is 155 Å². The van der Waals surface area contributed by atoms with Crippen molar-refractivity contribution >= 4 is 29.9 Å². The monoisotopic (exact) mass is 437 g/mol. The summed E-state index contributed by atoms with van der Waals surface area (Å²) in [6.07, 6.45) is 6.04. The van der Waals surface area contributed by atoms with Crippen molar-refractivity contribution in [2.24, 2.45) is 4.99 Å². The minimum atomic E-state index is -0.140. The van der Waals surface area contributed by atoms with Crippen LogP contribution in [0.15, 0.2) is 27.8 Å². The first kappa shape index (κ1) is 20.2. The SMILES string of the molecule is COCCN=C(NCCc1ccco1)NC1CCC(O)CC1.I. The van der Waals surface area contributed by atoms with Crippen LogP contribution in [0.2, 0.25) is 0 Å². The van der Waals surface area contributed by atoms with E-state index in [9.17, 15) is 5.11 Å². The molecule has 0 unspecified atom stereocenters. The second-order valence-electron chi connectivity index (χ2n) is 5.63. The Morgan fingerprint density at radius 2 is 2.17 bits per heavy atom. The van der Waals surface area contributed by atoms with Gasteiger partial charge in [-0.1, -0.05) is 0 Å². The van der Waals surface area contributed by atoms with E-state index in [1.165, 1.54) is 0 Å². The predicted molar refractivity (Wildman–Crippen MR) is 101 cm³/mol. The molecule has 0 atom stereocenters. The number of furan rings is 1. The molecule has 1 heterocycles. The molecule has 23 heavy (non-hydrogen) atoms. The van der Waals surface area contributed by atoms with Gasteiger partial charge in [0.25, 0.3) is 0 Å². The summed E-state index contributed by atoms with van der Waals surface area (Å²) in [5.41, 5.74) is 0. The Bertz CT molecular complexity index is 432. The van der Waals surface area contributed by atoms with Crippen molar-refractivity contribution in [1.29, 1.82) is 0 Å². The summed E-state index contributed by atoms with van der Waals surface area (Å²) in [5.74, 6) is 1.77. The topological polar surface area (TPSA) is 79.0 Å². The maximum absolute atomic E-state index is 9.58. The van der Waals surface area contributed by atoms with Crippen LogP contribution in [-0.4, -0.2) is 50.0 Å². The first-order chi connectivity index (χ1) is 10.8. The van der Waals surface area contributed by atoms with E-state index in [-0.39, 0.29) is 30.1 Å². The van der Waals surface area contributed by atoms with E-state index in [1.807, 2.05) is 12.1 Å². The second kappa shape index (κ2) is 11.7. The molecule has 0 aromatic carbocycles. The summed E-state index contributed by atoms with van der Waals surface area (Å²) in [6, 6.07) is 4.24. The average molecular weight is 437 g/mol. The van der Waals surface area contributed by atoms with Gasteiger partial charge < -0.3 is 24.9 Å². The van der Waals surface area contributed by atoms with Gasteiger partial charge in [-0.3, -0.25) is 4.99 Å². The van der Waals surface area contributed by atoms with Crippen molar-refractivity contribution in [3.05, 3.63) is 24.2 Å². The molecule has 0 amide bonds. The van der Waals surface area contributed by atoms with Crippen LogP contribution in [0.5, 0.6) is 0 Å². The second-order valence-corrected chi connectivity index (χ2v) is 5.63. The third-order valence-corrected chi connectivity index (χ3v) is 3.85. The van der Waals surface area contributed by atoms with Gasteiger partial charge in [-0.2, -0.15) is 0 Å². The smallest absolute Gasteiger partial charge is 0.191 e. The minimum Gasteiger partial charge on any atom is -0.469 e. The standard InChI is InChI=1S/C16H27N3O3.HI/c1-21-12-10-18-16(17-9-8-15-3-2-11-22-15)19-13-4-6-14(20)7-5-13;/h2-3,11,13-14,20H,4-10,12H2,1H3,(H2,17,18,19);1H. The fourth-order valence-electron chi connectivity index (χ4n) is 2.57. The zero-order valence-corrected chi connectivity index (χ0v) is 16.0. The van der Waals surface area contributed by atoms with Gasteiger partial charge in [0.2, 0.25) is 0 Å². The van der Waals surface area contributed by atoms with Crippen molar-refractivity contribution in [1.82, 2.24) is 10.6 Å². The van der Waals surface area contributed by atoms with Crippen LogP contribution in [0.3, 0.4) is 0 Å². The number of aliphatic hydroxyl groups excluding tert-OH is 1. The highest BCUT2D eigenvalue weighted by molar-refractivity contribution is 14.0. The lowest BCUT2D eigenvalue weighted by molar-refractivity contribution is 0.120. The maximum Gasteiger partial charge on any atom is 0.191 e. The summed E-state index contributed by atoms with van der Waals surface area (Å²) in [6.45, 7) is 2.00. The van der Waals surface area contributed by atoms with Gasteiger partial charge in [0.15, 0.2) is 5.96 Å². The number of guanidine groups is 1. The molecule has 132 valence electrons. The highest BCUT2D eigenvalue weighted by atomic mass is 127. The normalized spacial score (nSPS) is 21.6. The number of nitrogens with one attached hydrogen (secondary N) is 2. The fraction of sp³-hybridized carbons (Fsp3) is 0.688. The molecule has 1 fully saturated rings. The number of ether oxygens (including phenoxy) is 1. The van der Waals surface area contributed by atoms with Crippen LogP contribution in [0.25, 0.3) is 0 Å². The number of aliphatic imine (C=N–C) groups is 1. The molecule has 1 aliphatic carbocycles. The third kappa shape index (κ3) is 8.03. The molecular formula is C16H28IN3O3. The zero-order chi connectivity index (χ0) is 15.6. The van der Waals surface area contributed by atoms with E-state index < -0.39 is 0 Å². The summed E-state index contributed by atoms with van der Waals surface area (Å²) < 4.78 is 10.4. The van der Waals surface area contributed by atoms with Gasteiger partial charge in [-0.15, -0.1) is 24.0 Å². The summed E-state index contributed by atoms with van der Waals surface area (Å²) in [5, 5.41) is 16.4. The fourth-order valence-corrected chi connectivity index (χ4v) is 2.57. The predicted octanol–water partition coefficient (Wildman–Crippen LogP) is 1.93. The summed E-state index contributed by atoms with van der Waals surface area (Å²) in [4.78, 5) is 4.52. The van der Waals surface area contributed by atoms with Gasteiger partial charge in [0.05, 0.1) is 25.5 Å². The molecule has 0 spiro atoms. The lowest BCUT2D eigenvalue weighted by atomic mass is 9.93. The molecule has 1 aliphatic rings. The largest absolute Gasteiger partial charge is 0.469 e. The van der Waals surface area contributed by atoms with E-state index >= 15 is 0 Å². The molecule has 0 bridgehead atoms. The van der Waals surface area contributed by atoms with Crippen LogP contribution in [-0.2, 0) is 11.2 Å². The molecule has 0 radical (unpaired) electrons. The molecule has 1 aromatic heterocycles. The van der Waals surface area contributed by atoms with Crippen molar-refractivity contribution < 1.29 is 14.3 Å².